The van der Waals surface area contributed by atoms with Crippen LogP contribution in [0.5, 0.6) is 0 Å². The van der Waals surface area contributed by atoms with Crippen LogP contribution in [0.1, 0.15) is 13.2 Å². The molecule has 4 heterocycles. The summed E-state index contributed by atoms with van der Waals surface area (Å²) in [4.78, 5) is 8.36. The molecule has 0 unspecified atom stereocenters. The van der Waals surface area contributed by atoms with Crippen LogP contribution in [0, 0.1) is 0 Å². The minimum atomic E-state index is -1.61. The Labute approximate surface area is 147 Å². The number of nitrogens with zero attached hydrogens (tertiary/aromatic N) is 3. The van der Waals surface area contributed by atoms with Gasteiger partial charge in [-0.1, -0.05) is 0 Å². The topological polar surface area (TPSA) is 127 Å². The summed E-state index contributed by atoms with van der Waals surface area (Å²) >= 11 is 1.55. The van der Waals surface area contributed by atoms with Gasteiger partial charge in [-0.15, -0.1) is 0 Å². The Balaban J connectivity index is 1.93. The number of nitrogen functional groups attached to an aromatic ring is 1. The lowest BCUT2D eigenvalue weighted by atomic mass is 9.96. The zero-order valence-corrected chi connectivity index (χ0v) is 14.2. The van der Waals surface area contributed by atoms with Crippen LogP contribution in [0.3, 0.4) is 0 Å². The minimum Gasteiger partial charge on any atom is -0.394 e. The van der Waals surface area contributed by atoms with Gasteiger partial charge in [-0.05, 0) is 29.3 Å². The van der Waals surface area contributed by atoms with E-state index in [4.69, 9.17) is 10.5 Å². The molecule has 0 aromatic carbocycles. The lowest BCUT2D eigenvalue weighted by Crippen LogP contribution is -2.44. The van der Waals surface area contributed by atoms with E-state index in [2.05, 4.69) is 9.97 Å². The standard InChI is InChI=1S/C16H18N4O4S/c1-16(23)12(22)10(5-21)24-15(16)20-4-9(8-2-3-25-6-8)11-13(17)18-7-19-14(11)20/h2-4,6-7,10,12,15,21-23H,5H2,1H3,(H2,17,18,19)/t10-,12-,15-,16-/m1/s1. The van der Waals surface area contributed by atoms with Crippen molar-refractivity contribution in [2.24, 2.45) is 0 Å². The fourth-order valence-electron chi connectivity index (χ4n) is 3.31. The van der Waals surface area contributed by atoms with Crippen molar-refractivity contribution in [3.05, 3.63) is 29.4 Å². The molecule has 4 rings (SSSR count). The number of ether oxygens (including phenoxy) is 1. The first-order valence-corrected chi connectivity index (χ1v) is 8.69. The van der Waals surface area contributed by atoms with Crippen molar-refractivity contribution in [3.8, 4) is 11.1 Å². The summed E-state index contributed by atoms with van der Waals surface area (Å²) in [6.07, 6.45) is 0.0762. The molecule has 1 saturated heterocycles. The number of anilines is 1. The van der Waals surface area contributed by atoms with E-state index in [1.807, 2.05) is 16.8 Å². The molecular weight excluding hydrogens is 344 g/mol. The van der Waals surface area contributed by atoms with Crippen LogP contribution in [0.2, 0.25) is 0 Å². The number of fused-ring (bicyclic) bond motifs is 1. The molecule has 5 N–H and O–H groups in total. The van der Waals surface area contributed by atoms with E-state index in [-0.39, 0.29) is 0 Å². The Morgan fingerprint density at radius 1 is 1.44 bits per heavy atom. The molecule has 0 spiro atoms. The van der Waals surface area contributed by atoms with Crippen molar-refractivity contribution in [3.63, 3.8) is 0 Å². The molecule has 9 heteroatoms. The molecule has 3 aromatic rings. The van der Waals surface area contributed by atoms with E-state index < -0.39 is 30.6 Å². The number of thiophene rings is 1. The Bertz CT molecular complexity index is 908. The van der Waals surface area contributed by atoms with Crippen LogP contribution >= 0.6 is 11.3 Å². The van der Waals surface area contributed by atoms with Gasteiger partial charge in [-0.3, -0.25) is 0 Å². The van der Waals surface area contributed by atoms with Crippen molar-refractivity contribution < 1.29 is 20.1 Å². The maximum atomic E-state index is 10.8. The molecule has 4 atom stereocenters. The molecule has 0 radical (unpaired) electrons. The average molecular weight is 362 g/mol. The summed E-state index contributed by atoms with van der Waals surface area (Å²) in [6, 6.07) is 1.95. The largest absolute Gasteiger partial charge is 0.394 e. The van der Waals surface area contributed by atoms with Gasteiger partial charge in [0.15, 0.2) is 6.23 Å². The Hall–Kier alpha value is -2.04. The molecule has 3 aromatic heterocycles. The molecular formula is C16H18N4O4S. The number of nitrogens with two attached hydrogens (primary N) is 1. The normalized spacial score (nSPS) is 29.5. The third-order valence-corrected chi connectivity index (χ3v) is 5.34. The molecule has 0 amide bonds. The zero-order valence-electron chi connectivity index (χ0n) is 13.4. The van der Waals surface area contributed by atoms with Crippen molar-refractivity contribution in [2.75, 3.05) is 12.3 Å². The summed E-state index contributed by atoms with van der Waals surface area (Å²) in [5.74, 6) is 0.321. The second-order valence-corrected chi connectivity index (χ2v) is 7.08. The second kappa shape index (κ2) is 5.75. The van der Waals surface area contributed by atoms with Crippen molar-refractivity contribution in [2.45, 2.75) is 31.0 Å². The molecule has 8 nitrogen and oxygen atoms in total. The first-order valence-electron chi connectivity index (χ1n) is 7.75. The van der Waals surface area contributed by atoms with E-state index >= 15 is 0 Å². The highest BCUT2D eigenvalue weighted by molar-refractivity contribution is 7.08. The summed E-state index contributed by atoms with van der Waals surface area (Å²) in [5, 5.41) is 35.0. The molecule has 1 aliphatic rings. The molecule has 0 aliphatic carbocycles. The van der Waals surface area contributed by atoms with E-state index in [1.165, 1.54) is 13.3 Å². The van der Waals surface area contributed by atoms with Gasteiger partial charge in [0, 0.05) is 11.8 Å². The van der Waals surface area contributed by atoms with Gasteiger partial charge < -0.3 is 30.4 Å². The van der Waals surface area contributed by atoms with E-state index in [0.717, 1.165) is 11.1 Å². The number of aliphatic hydroxyl groups is 3. The van der Waals surface area contributed by atoms with Gasteiger partial charge in [0.2, 0.25) is 0 Å². The first kappa shape index (κ1) is 16.4. The highest BCUT2D eigenvalue weighted by Gasteiger charge is 2.53. The third kappa shape index (κ3) is 2.35. The highest BCUT2D eigenvalue weighted by Crippen LogP contribution is 2.42. The minimum absolute atomic E-state index is 0.321. The van der Waals surface area contributed by atoms with Crippen LogP contribution in [-0.4, -0.2) is 54.3 Å². The Morgan fingerprint density at radius 2 is 2.24 bits per heavy atom. The Kier molecular flexibility index (Phi) is 3.78. The number of rotatable bonds is 3. The quantitative estimate of drug-likeness (QED) is 0.541. The zero-order chi connectivity index (χ0) is 17.8. The fraction of sp³-hybridized carbons (Fsp3) is 0.375. The molecule has 1 fully saturated rings. The van der Waals surface area contributed by atoms with E-state index in [9.17, 15) is 15.3 Å². The van der Waals surface area contributed by atoms with Crippen LogP contribution in [0.25, 0.3) is 22.2 Å². The summed E-state index contributed by atoms with van der Waals surface area (Å²) < 4.78 is 7.36. The average Bonchev–Trinajstić information content (AvgIpc) is 3.27. The number of hydrogen-bond acceptors (Lipinski definition) is 8. The van der Waals surface area contributed by atoms with Crippen LogP contribution in [0.4, 0.5) is 5.82 Å². The molecule has 0 bridgehead atoms. The van der Waals surface area contributed by atoms with Crippen molar-refractivity contribution >= 4 is 28.2 Å². The fourth-order valence-corrected chi connectivity index (χ4v) is 3.97. The van der Waals surface area contributed by atoms with Gasteiger partial charge in [0.05, 0.1) is 12.0 Å². The number of hydrogen-bond donors (Lipinski definition) is 4. The third-order valence-electron chi connectivity index (χ3n) is 4.66. The summed E-state index contributed by atoms with van der Waals surface area (Å²) in [6.45, 7) is 1.07. The lowest BCUT2D eigenvalue weighted by Gasteiger charge is -2.27. The monoisotopic (exact) mass is 362 g/mol. The smallest absolute Gasteiger partial charge is 0.167 e. The molecule has 0 saturated carbocycles. The maximum Gasteiger partial charge on any atom is 0.167 e. The van der Waals surface area contributed by atoms with Crippen molar-refractivity contribution in [1.29, 1.82) is 0 Å². The first-order chi connectivity index (χ1) is 11.9. The number of aromatic nitrogens is 3. The molecule has 1 aliphatic heterocycles. The van der Waals surface area contributed by atoms with Crippen LogP contribution in [0.15, 0.2) is 29.4 Å². The second-order valence-electron chi connectivity index (χ2n) is 6.30. The SMILES string of the molecule is C[C@@]1(O)[C@H](O)[C@@H](CO)O[C@H]1n1cc(-c2ccsc2)c2c(N)ncnc21. The predicted octanol–water partition coefficient (Wildman–Crippen LogP) is 0.744. The van der Waals surface area contributed by atoms with Crippen LogP contribution in [-0.2, 0) is 4.74 Å². The maximum absolute atomic E-state index is 10.8. The lowest BCUT2D eigenvalue weighted by molar-refractivity contribution is -0.0948. The summed E-state index contributed by atoms with van der Waals surface area (Å²) in [5.41, 5.74) is 6.72. The molecule has 132 valence electrons. The predicted molar refractivity (Wildman–Crippen MR) is 92.9 cm³/mol. The van der Waals surface area contributed by atoms with E-state index in [0.29, 0.717) is 16.9 Å². The van der Waals surface area contributed by atoms with Gasteiger partial charge in [0.1, 0.15) is 35.6 Å². The molecule has 25 heavy (non-hydrogen) atoms. The Morgan fingerprint density at radius 3 is 2.88 bits per heavy atom. The highest BCUT2D eigenvalue weighted by atomic mass is 32.1. The van der Waals surface area contributed by atoms with Gasteiger partial charge in [-0.2, -0.15) is 11.3 Å². The van der Waals surface area contributed by atoms with Gasteiger partial charge in [0.25, 0.3) is 0 Å². The van der Waals surface area contributed by atoms with Gasteiger partial charge >= 0.3 is 0 Å². The number of aliphatic hydroxyl groups excluding tert-OH is 2. The van der Waals surface area contributed by atoms with Crippen LogP contribution < -0.4 is 5.73 Å². The summed E-state index contributed by atoms with van der Waals surface area (Å²) in [7, 11) is 0. The van der Waals surface area contributed by atoms with E-state index in [1.54, 1.807) is 22.1 Å². The van der Waals surface area contributed by atoms with Gasteiger partial charge in [-0.25, -0.2) is 9.97 Å². The van der Waals surface area contributed by atoms with Crippen molar-refractivity contribution in [1.82, 2.24) is 14.5 Å².